The fourth-order valence-corrected chi connectivity index (χ4v) is 3.03. The number of hydrogen-bond donors (Lipinski definition) is 1. The summed E-state index contributed by atoms with van der Waals surface area (Å²) in [6.07, 6.45) is -0.938. The summed E-state index contributed by atoms with van der Waals surface area (Å²) in [5, 5.41) is 2.12. The van der Waals surface area contributed by atoms with E-state index in [1.54, 1.807) is 0 Å². The lowest BCUT2D eigenvalue weighted by Crippen LogP contribution is -2.47. The molecule has 0 radical (unpaired) electrons. The van der Waals surface area contributed by atoms with E-state index in [1.165, 1.54) is 12.5 Å². The van der Waals surface area contributed by atoms with Crippen molar-refractivity contribution in [1.29, 1.82) is 0 Å². The van der Waals surface area contributed by atoms with Gasteiger partial charge in [-0.2, -0.15) is 13.2 Å². The monoisotopic (exact) mass is 350 g/mol. The van der Waals surface area contributed by atoms with Crippen molar-refractivity contribution < 1.29 is 13.2 Å². The van der Waals surface area contributed by atoms with Crippen molar-refractivity contribution in [2.24, 2.45) is 0 Å². The van der Waals surface area contributed by atoms with Crippen LogP contribution in [0.25, 0.3) is 0 Å². The predicted octanol–water partition coefficient (Wildman–Crippen LogP) is 5.06. The number of piperidine rings is 1. The standard InChI is InChI=1S/C14H18BrF3N2/c1-9-4-3-5-10(2)20(9)19-13-7-6-11(8-12(13)15)14(16,17)18/h6-10,19H,3-5H2,1-2H3. The van der Waals surface area contributed by atoms with Crippen molar-refractivity contribution in [3.63, 3.8) is 0 Å². The topological polar surface area (TPSA) is 15.3 Å². The number of rotatable bonds is 2. The maximum absolute atomic E-state index is 12.6. The predicted molar refractivity (Wildman–Crippen MR) is 77.4 cm³/mol. The molecule has 2 rings (SSSR count). The van der Waals surface area contributed by atoms with Gasteiger partial charge in [0.25, 0.3) is 0 Å². The Balaban J connectivity index is 2.17. The number of benzene rings is 1. The van der Waals surface area contributed by atoms with Crippen LogP contribution in [0.2, 0.25) is 0 Å². The zero-order valence-electron chi connectivity index (χ0n) is 11.5. The molecule has 2 atom stereocenters. The second-order valence-corrected chi connectivity index (χ2v) is 6.19. The van der Waals surface area contributed by atoms with Gasteiger partial charge < -0.3 is 5.43 Å². The van der Waals surface area contributed by atoms with Crippen LogP contribution in [0.15, 0.2) is 22.7 Å². The lowest BCUT2D eigenvalue weighted by Gasteiger charge is -2.39. The fraction of sp³-hybridized carbons (Fsp3) is 0.571. The summed E-state index contributed by atoms with van der Waals surface area (Å²) in [5.41, 5.74) is 3.27. The average molecular weight is 351 g/mol. The highest BCUT2D eigenvalue weighted by molar-refractivity contribution is 9.10. The normalized spacial score (nSPS) is 24.7. The molecule has 1 aliphatic rings. The van der Waals surface area contributed by atoms with Crippen molar-refractivity contribution in [2.75, 3.05) is 5.43 Å². The smallest absolute Gasteiger partial charge is 0.317 e. The van der Waals surface area contributed by atoms with E-state index in [0.29, 0.717) is 22.2 Å². The van der Waals surface area contributed by atoms with E-state index < -0.39 is 11.7 Å². The average Bonchev–Trinajstić information content (AvgIpc) is 2.34. The molecular formula is C14H18BrF3N2. The first-order valence-electron chi connectivity index (χ1n) is 6.71. The van der Waals surface area contributed by atoms with Gasteiger partial charge in [0.2, 0.25) is 0 Å². The molecule has 2 nitrogen and oxygen atoms in total. The number of alkyl halides is 3. The Morgan fingerprint density at radius 1 is 1.20 bits per heavy atom. The first-order valence-corrected chi connectivity index (χ1v) is 7.50. The molecule has 1 N–H and O–H groups in total. The molecule has 0 aliphatic carbocycles. The van der Waals surface area contributed by atoms with Crippen molar-refractivity contribution in [2.45, 2.75) is 51.4 Å². The summed E-state index contributed by atoms with van der Waals surface area (Å²) in [6, 6.07) is 4.43. The minimum atomic E-state index is -4.31. The summed E-state index contributed by atoms with van der Waals surface area (Å²) >= 11 is 3.22. The minimum Gasteiger partial charge on any atom is -0.317 e. The highest BCUT2D eigenvalue weighted by Gasteiger charge is 2.31. The Morgan fingerprint density at radius 3 is 2.30 bits per heavy atom. The maximum atomic E-state index is 12.6. The van der Waals surface area contributed by atoms with Gasteiger partial charge in [-0.3, -0.25) is 0 Å². The van der Waals surface area contributed by atoms with Gasteiger partial charge in [-0.25, -0.2) is 5.01 Å². The summed E-state index contributed by atoms with van der Waals surface area (Å²) in [7, 11) is 0. The number of nitrogens with zero attached hydrogens (tertiary/aromatic N) is 1. The third-order valence-electron chi connectivity index (χ3n) is 3.74. The molecule has 0 amide bonds. The minimum absolute atomic E-state index is 0.368. The van der Waals surface area contributed by atoms with Gasteiger partial charge in [0.1, 0.15) is 0 Å². The van der Waals surface area contributed by atoms with Crippen LogP contribution in [0, 0.1) is 0 Å². The van der Waals surface area contributed by atoms with Crippen LogP contribution >= 0.6 is 15.9 Å². The number of hydrazine groups is 1. The number of anilines is 1. The van der Waals surface area contributed by atoms with Gasteiger partial charge >= 0.3 is 6.18 Å². The molecule has 1 fully saturated rings. The number of halogens is 4. The quantitative estimate of drug-likeness (QED) is 0.801. The summed E-state index contributed by atoms with van der Waals surface area (Å²) in [4.78, 5) is 0. The first kappa shape index (κ1) is 15.6. The number of hydrogen-bond acceptors (Lipinski definition) is 2. The first-order chi connectivity index (χ1) is 9.29. The molecule has 112 valence electrons. The lowest BCUT2D eigenvalue weighted by atomic mass is 10.00. The van der Waals surface area contributed by atoms with Crippen molar-refractivity contribution in [1.82, 2.24) is 5.01 Å². The molecule has 1 aromatic carbocycles. The van der Waals surface area contributed by atoms with Crippen LogP contribution in [0.3, 0.4) is 0 Å². The fourth-order valence-electron chi connectivity index (χ4n) is 2.56. The van der Waals surface area contributed by atoms with E-state index in [2.05, 4.69) is 40.2 Å². The van der Waals surface area contributed by atoms with Crippen molar-refractivity contribution >= 4 is 21.6 Å². The highest BCUT2D eigenvalue weighted by atomic mass is 79.9. The molecule has 1 saturated heterocycles. The maximum Gasteiger partial charge on any atom is 0.416 e. The van der Waals surface area contributed by atoms with Gasteiger partial charge in [-0.15, -0.1) is 0 Å². The second-order valence-electron chi connectivity index (χ2n) is 5.34. The molecule has 0 aromatic heterocycles. The Bertz CT molecular complexity index is 466. The van der Waals surface area contributed by atoms with Gasteiger partial charge in [0.05, 0.1) is 11.3 Å². The molecular weight excluding hydrogens is 333 g/mol. The molecule has 0 saturated carbocycles. The third-order valence-corrected chi connectivity index (χ3v) is 4.40. The largest absolute Gasteiger partial charge is 0.416 e. The summed E-state index contributed by atoms with van der Waals surface area (Å²) in [5.74, 6) is 0. The van der Waals surface area contributed by atoms with Crippen LogP contribution in [-0.4, -0.2) is 17.1 Å². The van der Waals surface area contributed by atoms with Crippen LogP contribution in [0.5, 0.6) is 0 Å². The van der Waals surface area contributed by atoms with Crippen molar-refractivity contribution in [3.8, 4) is 0 Å². The molecule has 0 spiro atoms. The zero-order chi connectivity index (χ0) is 14.9. The molecule has 20 heavy (non-hydrogen) atoms. The lowest BCUT2D eigenvalue weighted by molar-refractivity contribution is -0.137. The van der Waals surface area contributed by atoms with Gasteiger partial charge in [0, 0.05) is 16.6 Å². The number of nitrogens with one attached hydrogen (secondary N) is 1. The van der Waals surface area contributed by atoms with Gasteiger partial charge in [0.15, 0.2) is 0 Å². The van der Waals surface area contributed by atoms with Crippen molar-refractivity contribution in [3.05, 3.63) is 28.2 Å². The van der Waals surface area contributed by atoms with Gasteiger partial charge in [-0.1, -0.05) is 6.42 Å². The third kappa shape index (κ3) is 3.47. The van der Waals surface area contributed by atoms with Gasteiger partial charge in [-0.05, 0) is 60.8 Å². The molecule has 6 heteroatoms. The van der Waals surface area contributed by atoms with E-state index in [4.69, 9.17) is 0 Å². The van der Waals surface area contributed by atoms with E-state index in [0.717, 1.165) is 25.0 Å². The molecule has 0 bridgehead atoms. The van der Waals surface area contributed by atoms with Crippen LogP contribution in [0.1, 0.15) is 38.7 Å². The van der Waals surface area contributed by atoms with E-state index in [-0.39, 0.29) is 0 Å². The highest BCUT2D eigenvalue weighted by Crippen LogP contribution is 2.35. The SMILES string of the molecule is CC1CCCC(C)N1Nc1ccc(C(F)(F)F)cc1Br. The van der Waals surface area contributed by atoms with E-state index in [1.807, 2.05) is 0 Å². The van der Waals surface area contributed by atoms with E-state index >= 15 is 0 Å². The Kier molecular flexibility index (Phi) is 4.64. The van der Waals surface area contributed by atoms with Crippen LogP contribution < -0.4 is 5.43 Å². The zero-order valence-corrected chi connectivity index (χ0v) is 13.1. The van der Waals surface area contributed by atoms with E-state index in [9.17, 15) is 13.2 Å². The summed E-state index contributed by atoms with van der Waals surface area (Å²) in [6.45, 7) is 4.25. The summed E-state index contributed by atoms with van der Waals surface area (Å²) < 4.78 is 38.3. The second kappa shape index (κ2) is 5.93. The molecule has 1 aliphatic heterocycles. The Morgan fingerprint density at radius 2 is 1.80 bits per heavy atom. The Hall–Kier alpha value is -0.750. The molecule has 2 unspecified atom stereocenters. The van der Waals surface area contributed by atoms with Crippen LogP contribution in [-0.2, 0) is 6.18 Å². The molecule has 1 heterocycles. The molecule has 1 aromatic rings. The van der Waals surface area contributed by atoms with Crippen LogP contribution in [0.4, 0.5) is 18.9 Å². The Labute approximate surface area is 125 Å².